The van der Waals surface area contributed by atoms with Crippen LogP contribution in [0, 0.1) is 0 Å². The van der Waals surface area contributed by atoms with Gasteiger partial charge in [-0.25, -0.2) is 13.6 Å². The zero-order valence-electron chi connectivity index (χ0n) is 11.3. The number of carbonyl (C=O) groups excluding carboxylic acids is 1. The van der Waals surface area contributed by atoms with Crippen LogP contribution in [0.4, 0.5) is 0 Å². The van der Waals surface area contributed by atoms with Crippen LogP contribution in [0.3, 0.4) is 0 Å². The lowest BCUT2D eigenvalue weighted by molar-refractivity contribution is 0.0742. The molecular formula is C12H18N4O3S. The number of hydrogen-bond donors (Lipinski definition) is 2. The average Bonchev–Trinajstić information content (AvgIpc) is 3.28. The molecule has 0 unspecified atom stereocenters. The summed E-state index contributed by atoms with van der Waals surface area (Å²) in [6.07, 6.45) is 3.73. The van der Waals surface area contributed by atoms with Crippen LogP contribution in [-0.2, 0) is 10.0 Å². The molecule has 0 aliphatic heterocycles. The Morgan fingerprint density at radius 2 is 2.05 bits per heavy atom. The Bertz CT molecular complexity index is 644. The van der Waals surface area contributed by atoms with Gasteiger partial charge in [-0.3, -0.25) is 9.89 Å². The molecule has 0 bridgehead atoms. The quantitative estimate of drug-likeness (QED) is 0.827. The molecule has 20 heavy (non-hydrogen) atoms. The molecule has 3 rings (SSSR count). The molecule has 2 aliphatic rings. The summed E-state index contributed by atoms with van der Waals surface area (Å²) >= 11 is 0. The highest BCUT2D eigenvalue weighted by Crippen LogP contribution is 2.42. The minimum Gasteiger partial charge on any atom is -0.335 e. The summed E-state index contributed by atoms with van der Waals surface area (Å²) in [5.41, 5.74) is 0.436. The van der Waals surface area contributed by atoms with Crippen molar-refractivity contribution in [3.63, 3.8) is 0 Å². The molecule has 7 nitrogen and oxygen atoms in total. The second kappa shape index (κ2) is 4.56. The highest BCUT2D eigenvalue weighted by molar-refractivity contribution is 7.89. The molecule has 1 aromatic heterocycles. The maximum atomic E-state index is 12.5. The van der Waals surface area contributed by atoms with Crippen LogP contribution in [0.5, 0.6) is 0 Å². The number of sulfonamides is 1. The number of carbonyl (C=O) groups is 1. The SMILES string of the molecule is CCN(C(=O)c1n[nH]c(C2CC2)c1S(N)(=O)=O)C1CC1. The second-order valence-electron chi connectivity index (χ2n) is 5.46. The second-order valence-corrected chi connectivity index (χ2v) is 6.95. The Balaban J connectivity index is 2.02. The van der Waals surface area contributed by atoms with Crippen LogP contribution >= 0.6 is 0 Å². The fraction of sp³-hybridized carbons (Fsp3) is 0.667. The molecule has 1 aromatic rings. The van der Waals surface area contributed by atoms with Gasteiger partial charge in [0.05, 0.1) is 5.69 Å². The Kier molecular flexibility index (Phi) is 3.09. The molecule has 1 amide bonds. The van der Waals surface area contributed by atoms with E-state index in [1.807, 2.05) is 6.92 Å². The first-order valence-corrected chi connectivity index (χ1v) is 8.40. The third-order valence-corrected chi connectivity index (χ3v) is 4.79. The van der Waals surface area contributed by atoms with E-state index in [0.29, 0.717) is 12.2 Å². The number of primary sulfonamides is 1. The van der Waals surface area contributed by atoms with E-state index in [4.69, 9.17) is 5.14 Å². The van der Waals surface area contributed by atoms with E-state index in [1.54, 1.807) is 4.90 Å². The highest BCUT2D eigenvalue weighted by Gasteiger charge is 2.39. The monoisotopic (exact) mass is 298 g/mol. The number of hydrogen-bond acceptors (Lipinski definition) is 4. The molecule has 1 heterocycles. The van der Waals surface area contributed by atoms with Gasteiger partial charge in [-0.1, -0.05) is 0 Å². The normalized spacial score (nSPS) is 19.1. The lowest BCUT2D eigenvalue weighted by Gasteiger charge is -2.19. The Hall–Kier alpha value is -1.41. The molecule has 0 radical (unpaired) electrons. The highest BCUT2D eigenvalue weighted by atomic mass is 32.2. The minimum atomic E-state index is -3.96. The number of aromatic nitrogens is 2. The van der Waals surface area contributed by atoms with Gasteiger partial charge in [0.2, 0.25) is 10.0 Å². The Morgan fingerprint density at radius 3 is 2.50 bits per heavy atom. The number of H-pyrrole nitrogens is 1. The van der Waals surface area contributed by atoms with Crippen LogP contribution < -0.4 is 5.14 Å². The molecule has 8 heteroatoms. The predicted molar refractivity (Wildman–Crippen MR) is 71.7 cm³/mol. The van der Waals surface area contributed by atoms with Gasteiger partial charge in [0.15, 0.2) is 5.69 Å². The molecule has 3 N–H and O–H groups in total. The van der Waals surface area contributed by atoms with E-state index < -0.39 is 10.0 Å². The largest absolute Gasteiger partial charge is 0.335 e. The van der Waals surface area contributed by atoms with E-state index >= 15 is 0 Å². The average molecular weight is 298 g/mol. The Morgan fingerprint density at radius 1 is 1.40 bits per heavy atom. The van der Waals surface area contributed by atoms with E-state index in [-0.39, 0.29) is 28.5 Å². The molecule has 0 saturated heterocycles. The van der Waals surface area contributed by atoms with Gasteiger partial charge < -0.3 is 4.90 Å². The van der Waals surface area contributed by atoms with Crippen molar-refractivity contribution >= 4 is 15.9 Å². The predicted octanol–water partition coefficient (Wildman–Crippen LogP) is 0.559. The van der Waals surface area contributed by atoms with Gasteiger partial charge in [-0.2, -0.15) is 5.10 Å². The summed E-state index contributed by atoms with van der Waals surface area (Å²) < 4.78 is 23.6. The van der Waals surface area contributed by atoms with Gasteiger partial charge in [-0.05, 0) is 32.6 Å². The van der Waals surface area contributed by atoms with E-state index in [0.717, 1.165) is 25.7 Å². The molecular weight excluding hydrogens is 280 g/mol. The fourth-order valence-electron chi connectivity index (χ4n) is 2.52. The maximum Gasteiger partial charge on any atom is 0.276 e. The Labute approximate surface area is 117 Å². The van der Waals surface area contributed by atoms with Gasteiger partial charge in [0, 0.05) is 18.5 Å². The standard InChI is InChI=1S/C12H18N4O3S/c1-2-16(8-5-6-8)12(17)10-11(20(13,18)19)9(14-15-10)7-3-4-7/h7-8H,2-6H2,1H3,(H,14,15)(H2,13,18,19). The van der Waals surface area contributed by atoms with Crippen LogP contribution in [0.25, 0.3) is 0 Å². The molecule has 0 spiro atoms. The summed E-state index contributed by atoms with van der Waals surface area (Å²) in [4.78, 5) is 14.1. The summed E-state index contributed by atoms with van der Waals surface area (Å²) in [5, 5.41) is 11.9. The van der Waals surface area contributed by atoms with Crippen molar-refractivity contribution in [2.24, 2.45) is 5.14 Å². The van der Waals surface area contributed by atoms with Crippen molar-refractivity contribution in [1.29, 1.82) is 0 Å². The molecule has 0 atom stereocenters. The first-order valence-electron chi connectivity index (χ1n) is 6.85. The summed E-state index contributed by atoms with van der Waals surface area (Å²) in [7, 11) is -3.96. The van der Waals surface area contributed by atoms with Crippen LogP contribution in [0.15, 0.2) is 4.90 Å². The number of nitrogens with zero attached hydrogens (tertiary/aromatic N) is 2. The van der Waals surface area contributed by atoms with Gasteiger partial charge >= 0.3 is 0 Å². The maximum absolute atomic E-state index is 12.5. The zero-order valence-corrected chi connectivity index (χ0v) is 12.1. The first kappa shape index (κ1) is 13.6. The smallest absolute Gasteiger partial charge is 0.276 e. The molecule has 2 saturated carbocycles. The van der Waals surface area contributed by atoms with Crippen LogP contribution in [0.1, 0.15) is 54.7 Å². The number of rotatable bonds is 5. The lowest BCUT2D eigenvalue weighted by atomic mass is 10.2. The summed E-state index contributed by atoms with van der Waals surface area (Å²) in [6, 6.07) is 0.210. The van der Waals surface area contributed by atoms with E-state index in [2.05, 4.69) is 10.2 Å². The molecule has 2 aliphatic carbocycles. The van der Waals surface area contributed by atoms with E-state index in [1.165, 1.54) is 0 Å². The third kappa shape index (κ3) is 2.33. The van der Waals surface area contributed by atoms with Gasteiger partial charge in [0.25, 0.3) is 5.91 Å². The topological polar surface area (TPSA) is 109 Å². The molecule has 110 valence electrons. The minimum absolute atomic E-state index is 0.0526. The van der Waals surface area contributed by atoms with Gasteiger partial charge in [-0.15, -0.1) is 0 Å². The van der Waals surface area contributed by atoms with Crippen molar-refractivity contribution in [1.82, 2.24) is 15.1 Å². The van der Waals surface area contributed by atoms with Gasteiger partial charge in [0.1, 0.15) is 4.90 Å². The molecule has 2 fully saturated rings. The zero-order chi connectivity index (χ0) is 14.5. The fourth-order valence-corrected chi connectivity index (χ4v) is 3.44. The molecule has 0 aromatic carbocycles. The van der Waals surface area contributed by atoms with Crippen molar-refractivity contribution in [2.45, 2.75) is 49.5 Å². The summed E-state index contributed by atoms with van der Waals surface area (Å²) in [5.74, 6) is -0.212. The lowest BCUT2D eigenvalue weighted by Crippen LogP contribution is -2.34. The van der Waals surface area contributed by atoms with Crippen LogP contribution in [-0.4, -0.2) is 42.0 Å². The number of nitrogens with one attached hydrogen (secondary N) is 1. The van der Waals surface area contributed by atoms with Crippen molar-refractivity contribution < 1.29 is 13.2 Å². The summed E-state index contributed by atoms with van der Waals surface area (Å²) in [6.45, 7) is 2.42. The number of aromatic amines is 1. The van der Waals surface area contributed by atoms with Crippen LogP contribution in [0.2, 0.25) is 0 Å². The van der Waals surface area contributed by atoms with Crippen molar-refractivity contribution in [3.8, 4) is 0 Å². The number of amides is 1. The van der Waals surface area contributed by atoms with E-state index in [9.17, 15) is 13.2 Å². The number of nitrogens with two attached hydrogens (primary N) is 1. The third-order valence-electron chi connectivity index (χ3n) is 3.81. The first-order chi connectivity index (χ1) is 9.43. The van der Waals surface area contributed by atoms with Crippen molar-refractivity contribution in [2.75, 3.05) is 6.54 Å². The van der Waals surface area contributed by atoms with Crippen molar-refractivity contribution in [3.05, 3.63) is 11.4 Å².